The predicted molar refractivity (Wildman–Crippen MR) is 66.5 cm³/mol. The average molecular weight is 196 g/mol. The van der Waals surface area contributed by atoms with Crippen molar-refractivity contribution in [1.29, 1.82) is 0 Å². The molecular formula is C14H28. The molecule has 0 spiro atoms. The zero-order valence-corrected chi connectivity index (χ0v) is 10.6. The minimum absolute atomic E-state index is 0.864. The van der Waals surface area contributed by atoms with Crippen LogP contribution in [0.4, 0.5) is 0 Å². The van der Waals surface area contributed by atoms with Crippen LogP contribution in [0.15, 0.2) is 12.2 Å². The first-order chi connectivity index (χ1) is 6.57. The largest absolute Gasteiger partial charge is 0.100 e. The second kappa shape index (κ2) is 8.08. The summed E-state index contributed by atoms with van der Waals surface area (Å²) in [5.41, 5.74) is 1.33. The van der Waals surface area contributed by atoms with Crippen molar-refractivity contribution < 1.29 is 0 Å². The Morgan fingerprint density at radius 3 is 2.14 bits per heavy atom. The topological polar surface area (TPSA) is 0 Å². The average Bonchev–Trinajstić information content (AvgIpc) is 2.14. The van der Waals surface area contributed by atoms with Gasteiger partial charge in [-0.15, -0.1) is 6.58 Å². The van der Waals surface area contributed by atoms with E-state index in [0.29, 0.717) is 0 Å². The van der Waals surface area contributed by atoms with Gasteiger partial charge in [0.25, 0.3) is 0 Å². The molecule has 0 aromatic rings. The molecule has 2 atom stereocenters. The molecule has 0 saturated heterocycles. The Hall–Kier alpha value is -0.260. The van der Waals surface area contributed by atoms with Crippen LogP contribution in [-0.2, 0) is 0 Å². The summed E-state index contributed by atoms with van der Waals surface area (Å²) in [6.45, 7) is 13.2. The zero-order chi connectivity index (χ0) is 11.0. The van der Waals surface area contributed by atoms with Crippen LogP contribution in [0.2, 0.25) is 0 Å². The van der Waals surface area contributed by atoms with Gasteiger partial charge in [-0.3, -0.25) is 0 Å². The molecule has 0 saturated carbocycles. The Kier molecular flexibility index (Phi) is 7.93. The Balaban J connectivity index is 3.53. The lowest BCUT2D eigenvalue weighted by Crippen LogP contribution is -2.08. The Bertz CT molecular complexity index is 146. The second-order valence-corrected chi connectivity index (χ2v) is 4.95. The molecule has 84 valence electrons. The summed E-state index contributed by atoms with van der Waals surface area (Å²) in [6, 6.07) is 0. The van der Waals surface area contributed by atoms with Gasteiger partial charge < -0.3 is 0 Å². The van der Waals surface area contributed by atoms with Gasteiger partial charge in [-0.05, 0) is 31.6 Å². The second-order valence-electron chi connectivity index (χ2n) is 4.95. The molecule has 0 aromatic heterocycles. The van der Waals surface area contributed by atoms with E-state index in [1.807, 2.05) is 0 Å². The molecule has 0 radical (unpaired) electrons. The summed E-state index contributed by atoms with van der Waals surface area (Å²) in [4.78, 5) is 0. The molecule has 0 heteroatoms. The first kappa shape index (κ1) is 13.7. The summed E-state index contributed by atoms with van der Waals surface area (Å²) < 4.78 is 0. The summed E-state index contributed by atoms with van der Waals surface area (Å²) in [5, 5.41) is 0. The van der Waals surface area contributed by atoms with Crippen LogP contribution in [0.3, 0.4) is 0 Å². The molecule has 0 aliphatic rings. The summed E-state index contributed by atoms with van der Waals surface area (Å²) >= 11 is 0. The summed E-state index contributed by atoms with van der Waals surface area (Å²) in [6.07, 6.45) is 8.09. The quantitative estimate of drug-likeness (QED) is 0.370. The third-order valence-electron chi connectivity index (χ3n) is 3.26. The molecule has 0 bridgehead atoms. The van der Waals surface area contributed by atoms with Crippen molar-refractivity contribution >= 4 is 0 Å². The van der Waals surface area contributed by atoms with Gasteiger partial charge in [0, 0.05) is 0 Å². The zero-order valence-electron chi connectivity index (χ0n) is 10.6. The maximum atomic E-state index is 3.96. The van der Waals surface area contributed by atoms with Crippen LogP contribution in [-0.4, -0.2) is 0 Å². The highest BCUT2D eigenvalue weighted by Gasteiger charge is 2.11. The third-order valence-corrected chi connectivity index (χ3v) is 3.26. The van der Waals surface area contributed by atoms with Crippen LogP contribution in [0, 0.1) is 11.8 Å². The van der Waals surface area contributed by atoms with E-state index in [1.165, 1.54) is 44.1 Å². The van der Waals surface area contributed by atoms with E-state index in [1.54, 1.807) is 0 Å². The minimum Gasteiger partial charge on any atom is -0.100 e. The molecule has 0 aliphatic heterocycles. The van der Waals surface area contributed by atoms with E-state index < -0.39 is 0 Å². The molecule has 0 aliphatic carbocycles. The number of unbranched alkanes of at least 4 members (excludes halogenated alkanes) is 2. The molecule has 0 nitrogen and oxygen atoms in total. The highest BCUT2D eigenvalue weighted by molar-refractivity contribution is 4.88. The molecule has 0 N–H and O–H groups in total. The molecule has 0 heterocycles. The van der Waals surface area contributed by atoms with E-state index in [0.717, 1.165) is 11.8 Å². The number of hydrogen-bond donors (Lipinski definition) is 0. The van der Waals surface area contributed by atoms with Gasteiger partial charge in [-0.25, -0.2) is 0 Å². The van der Waals surface area contributed by atoms with Gasteiger partial charge in [0.2, 0.25) is 0 Å². The summed E-state index contributed by atoms with van der Waals surface area (Å²) in [7, 11) is 0. The maximum Gasteiger partial charge on any atom is -0.0323 e. The van der Waals surface area contributed by atoms with Gasteiger partial charge >= 0.3 is 0 Å². The molecule has 0 fully saturated rings. The van der Waals surface area contributed by atoms with E-state index in [2.05, 4.69) is 34.3 Å². The number of allylic oxidation sites excluding steroid dienone is 1. The van der Waals surface area contributed by atoms with Crippen LogP contribution in [0.1, 0.15) is 66.2 Å². The SMILES string of the molecule is C=C(C)CCC(C)C(C)CCCCC. The van der Waals surface area contributed by atoms with Crippen LogP contribution < -0.4 is 0 Å². The Morgan fingerprint density at radius 2 is 1.64 bits per heavy atom. The number of rotatable bonds is 8. The monoisotopic (exact) mass is 196 g/mol. The van der Waals surface area contributed by atoms with Crippen molar-refractivity contribution in [3.63, 3.8) is 0 Å². The first-order valence-electron chi connectivity index (χ1n) is 6.22. The highest BCUT2D eigenvalue weighted by atomic mass is 14.2. The van der Waals surface area contributed by atoms with Gasteiger partial charge in [-0.2, -0.15) is 0 Å². The van der Waals surface area contributed by atoms with Gasteiger partial charge in [0.05, 0.1) is 0 Å². The Labute approximate surface area is 90.8 Å². The first-order valence-corrected chi connectivity index (χ1v) is 6.22. The predicted octanol–water partition coefficient (Wildman–Crippen LogP) is 5.20. The fraction of sp³-hybridized carbons (Fsp3) is 0.857. The van der Waals surface area contributed by atoms with Crippen molar-refractivity contribution in [3.05, 3.63) is 12.2 Å². The molecule has 0 aromatic carbocycles. The van der Waals surface area contributed by atoms with E-state index in [-0.39, 0.29) is 0 Å². The normalized spacial score (nSPS) is 15.1. The molecule has 2 unspecified atom stereocenters. The lowest BCUT2D eigenvalue weighted by atomic mass is 9.87. The lowest BCUT2D eigenvalue weighted by Gasteiger charge is -2.19. The van der Waals surface area contributed by atoms with Gasteiger partial charge in [0.15, 0.2) is 0 Å². The highest BCUT2D eigenvalue weighted by Crippen LogP contribution is 2.23. The molecule has 0 rings (SSSR count). The van der Waals surface area contributed by atoms with Crippen molar-refractivity contribution in [2.75, 3.05) is 0 Å². The minimum atomic E-state index is 0.864. The number of hydrogen-bond acceptors (Lipinski definition) is 0. The van der Waals surface area contributed by atoms with E-state index in [9.17, 15) is 0 Å². The Morgan fingerprint density at radius 1 is 1.07 bits per heavy atom. The van der Waals surface area contributed by atoms with Crippen molar-refractivity contribution in [2.24, 2.45) is 11.8 Å². The van der Waals surface area contributed by atoms with Crippen molar-refractivity contribution in [1.82, 2.24) is 0 Å². The van der Waals surface area contributed by atoms with Crippen molar-refractivity contribution in [3.8, 4) is 0 Å². The fourth-order valence-electron chi connectivity index (χ4n) is 1.76. The molecule has 0 amide bonds. The van der Waals surface area contributed by atoms with E-state index in [4.69, 9.17) is 0 Å². The van der Waals surface area contributed by atoms with Crippen LogP contribution in [0.25, 0.3) is 0 Å². The standard InChI is InChI=1S/C14H28/c1-6-7-8-9-13(4)14(5)11-10-12(2)3/h13-14H,2,6-11H2,1,3-5H3. The third kappa shape index (κ3) is 7.17. The summed E-state index contributed by atoms with van der Waals surface area (Å²) in [5.74, 6) is 1.75. The van der Waals surface area contributed by atoms with Crippen molar-refractivity contribution in [2.45, 2.75) is 66.2 Å². The molecular weight excluding hydrogens is 168 g/mol. The smallest absolute Gasteiger partial charge is 0.0323 e. The fourth-order valence-corrected chi connectivity index (χ4v) is 1.76. The lowest BCUT2D eigenvalue weighted by molar-refractivity contribution is 0.334. The van der Waals surface area contributed by atoms with Gasteiger partial charge in [-0.1, -0.05) is 52.0 Å². The molecule has 14 heavy (non-hydrogen) atoms. The van der Waals surface area contributed by atoms with Gasteiger partial charge in [0.1, 0.15) is 0 Å². The van der Waals surface area contributed by atoms with Crippen LogP contribution >= 0.6 is 0 Å². The van der Waals surface area contributed by atoms with Crippen LogP contribution in [0.5, 0.6) is 0 Å². The van der Waals surface area contributed by atoms with E-state index >= 15 is 0 Å². The maximum absolute atomic E-state index is 3.96.